The minimum Gasteiger partial charge on any atom is -0.396 e. The topological polar surface area (TPSA) is 69.9 Å². The Kier molecular flexibility index (Phi) is 28.0. The molecule has 0 fully saturated rings. The molecule has 79 valence electrons. The molecular weight excluding hydrogens is 249 g/mol. The van der Waals surface area contributed by atoms with Crippen LogP contribution >= 0.6 is 0 Å². The van der Waals surface area contributed by atoms with Crippen LogP contribution < -0.4 is 0 Å². The Labute approximate surface area is 105 Å². The molecule has 1 radical (unpaired) electrons. The van der Waals surface area contributed by atoms with E-state index in [1.165, 1.54) is 7.11 Å². The van der Waals surface area contributed by atoms with E-state index in [0.29, 0.717) is 6.42 Å². The average molecular weight is 269 g/mol. The SMILES string of the molecule is CCCC(O)CCO.COCO.[Y]. The van der Waals surface area contributed by atoms with Gasteiger partial charge in [0.2, 0.25) is 0 Å². The first-order valence-electron chi connectivity index (χ1n) is 4.11. The predicted molar refractivity (Wildman–Crippen MR) is 46.7 cm³/mol. The quantitative estimate of drug-likeness (QED) is 0.620. The van der Waals surface area contributed by atoms with Crippen molar-refractivity contribution in [3.63, 3.8) is 0 Å². The van der Waals surface area contributed by atoms with Crippen LogP contribution in [-0.4, -0.2) is 41.9 Å². The second kappa shape index (κ2) is 18.7. The van der Waals surface area contributed by atoms with Gasteiger partial charge in [0.1, 0.15) is 6.79 Å². The summed E-state index contributed by atoms with van der Waals surface area (Å²) >= 11 is 0. The summed E-state index contributed by atoms with van der Waals surface area (Å²) in [5.74, 6) is 0. The molecule has 0 aliphatic rings. The number of rotatable bonds is 5. The molecule has 0 aromatic rings. The maximum absolute atomic E-state index is 8.89. The largest absolute Gasteiger partial charge is 0.396 e. The maximum Gasteiger partial charge on any atom is 0.143 e. The Morgan fingerprint density at radius 3 is 1.92 bits per heavy atom. The molecule has 5 heteroatoms. The van der Waals surface area contributed by atoms with E-state index in [1.54, 1.807) is 0 Å². The van der Waals surface area contributed by atoms with Crippen molar-refractivity contribution in [2.24, 2.45) is 0 Å². The fourth-order valence-corrected chi connectivity index (χ4v) is 0.627. The van der Waals surface area contributed by atoms with Crippen LogP contribution in [0, 0.1) is 0 Å². The molecular formula is C8H20O4Y. The van der Waals surface area contributed by atoms with E-state index in [4.69, 9.17) is 15.3 Å². The first kappa shape index (κ1) is 19.5. The van der Waals surface area contributed by atoms with E-state index < -0.39 is 0 Å². The van der Waals surface area contributed by atoms with Crippen LogP contribution in [-0.2, 0) is 37.4 Å². The van der Waals surface area contributed by atoms with Crippen molar-refractivity contribution >= 4 is 0 Å². The van der Waals surface area contributed by atoms with Gasteiger partial charge in [-0.3, -0.25) is 0 Å². The van der Waals surface area contributed by atoms with E-state index in [0.717, 1.165) is 12.8 Å². The van der Waals surface area contributed by atoms with Gasteiger partial charge in [0.05, 0.1) is 6.10 Å². The van der Waals surface area contributed by atoms with Crippen LogP contribution in [0.3, 0.4) is 0 Å². The summed E-state index contributed by atoms with van der Waals surface area (Å²) in [6.07, 6.45) is 2.03. The minimum absolute atomic E-state index is 0. The van der Waals surface area contributed by atoms with Crippen LogP contribution in [0.4, 0.5) is 0 Å². The molecule has 3 N–H and O–H groups in total. The van der Waals surface area contributed by atoms with Crippen molar-refractivity contribution < 1.29 is 52.8 Å². The molecule has 4 nitrogen and oxygen atoms in total. The van der Waals surface area contributed by atoms with Crippen molar-refractivity contribution in [3.05, 3.63) is 0 Å². The Hall–Kier alpha value is 0.944. The van der Waals surface area contributed by atoms with E-state index in [1.807, 2.05) is 6.92 Å². The number of aliphatic hydroxyl groups excluding tert-OH is 3. The van der Waals surface area contributed by atoms with Gasteiger partial charge in [-0.2, -0.15) is 0 Å². The van der Waals surface area contributed by atoms with Gasteiger partial charge in [0, 0.05) is 46.4 Å². The van der Waals surface area contributed by atoms with Crippen molar-refractivity contribution in [2.45, 2.75) is 32.3 Å². The smallest absolute Gasteiger partial charge is 0.143 e. The van der Waals surface area contributed by atoms with Crippen LogP contribution in [0.2, 0.25) is 0 Å². The second-order valence-corrected chi connectivity index (χ2v) is 2.37. The molecule has 0 rings (SSSR count). The van der Waals surface area contributed by atoms with Gasteiger partial charge in [0.15, 0.2) is 0 Å². The van der Waals surface area contributed by atoms with Gasteiger partial charge in [-0.1, -0.05) is 13.3 Å². The van der Waals surface area contributed by atoms with Gasteiger partial charge in [-0.15, -0.1) is 0 Å². The zero-order chi connectivity index (χ0) is 9.82. The molecule has 1 atom stereocenters. The Balaban J connectivity index is -0.000000173. The van der Waals surface area contributed by atoms with Gasteiger partial charge >= 0.3 is 0 Å². The van der Waals surface area contributed by atoms with E-state index in [9.17, 15) is 0 Å². The molecule has 0 bridgehead atoms. The van der Waals surface area contributed by atoms with E-state index >= 15 is 0 Å². The molecule has 13 heavy (non-hydrogen) atoms. The van der Waals surface area contributed by atoms with Gasteiger partial charge in [-0.25, -0.2) is 0 Å². The number of ether oxygens (including phenoxy) is 1. The third kappa shape index (κ3) is 24.6. The number of methoxy groups -OCH3 is 1. The molecule has 0 aromatic carbocycles. The molecule has 0 heterocycles. The average Bonchev–Trinajstić information content (AvgIpc) is 2.06. The number of hydrogen-bond acceptors (Lipinski definition) is 4. The fraction of sp³-hybridized carbons (Fsp3) is 1.00. The predicted octanol–water partition coefficient (Wildman–Crippen LogP) is 0.110. The van der Waals surface area contributed by atoms with Gasteiger partial charge in [-0.05, 0) is 12.8 Å². The molecule has 0 aromatic heterocycles. The Morgan fingerprint density at radius 2 is 1.69 bits per heavy atom. The molecule has 1 unspecified atom stereocenters. The Morgan fingerprint density at radius 1 is 1.23 bits per heavy atom. The molecule has 0 saturated carbocycles. The summed E-state index contributed by atoms with van der Waals surface area (Å²) in [5.41, 5.74) is 0. The monoisotopic (exact) mass is 269 g/mol. The molecule has 0 spiro atoms. The summed E-state index contributed by atoms with van der Waals surface area (Å²) < 4.78 is 4.10. The Bertz CT molecular complexity index is 65.2. The zero-order valence-electron chi connectivity index (χ0n) is 8.44. The fourth-order valence-electron chi connectivity index (χ4n) is 0.627. The van der Waals surface area contributed by atoms with Crippen molar-refractivity contribution in [1.29, 1.82) is 0 Å². The molecule has 0 amide bonds. The van der Waals surface area contributed by atoms with Crippen molar-refractivity contribution in [3.8, 4) is 0 Å². The van der Waals surface area contributed by atoms with Crippen LogP contribution in [0.25, 0.3) is 0 Å². The minimum atomic E-state index is -0.287. The number of hydrogen-bond donors (Lipinski definition) is 3. The molecule has 0 aliphatic carbocycles. The van der Waals surface area contributed by atoms with Crippen molar-refractivity contribution in [2.75, 3.05) is 20.5 Å². The van der Waals surface area contributed by atoms with Crippen LogP contribution in [0.15, 0.2) is 0 Å². The normalized spacial score (nSPS) is 10.8. The molecule has 0 saturated heterocycles. The van der Waals surface area contributed by atoms with E-state index in [-0.39, 0.29) is 52.2 Å². The second-order valence-electron chi connectivity index (χ2n) is 2.37. The first-order valence-corrected chi connectivity index (χ1v) is 4.11. The van der Waals surface area contributed by atoms with Gasteiger partial charge in [0.25, 0.3) is 0 Å². The van der Waals surface area contributed by atoms with Crippen molar-refractivity contribution in [1.82, 2.24) is 0 Å². The standard InChI is InChI=1S/C6H14O2.C2H6O2.Y/c1-2-3-6(8)4-5-7;1-4-2-3;/h6-8H,2-5H2,1H3;3H,2H2,1H3;. The maximum atomic E-state index is 8.89. The summed E-state index contributed by atoms with van der Waals surface area (Å²) in [4.78, 5) is 0. The van der Waals surface area contributed by atoms with E-state index in [2.05, 4.69) is 4.74 Å². The molecule has 0 aliphatic heterocycles. The summed E-state index contributed by atoms with van der Waals surface area (Å²) in [5, 5.41) is 24.8. The summed E-state index contributed by atoms with van der Waals surface area (Å²) in [7, 11) is 1.43. The van der Waals surface area contributed by atoms with Gasteiger partial charge < -0.3 is 20.1 Å². The summed E-state index contributed by atoms with van der Waals surface area (Å²) in [6.45, 7) is 1.93. The number of aliphatic hydroxyl groups is 3. The van der Waals surface area contributed by atoms with Crippen LogP contribution in [0.1, 0.15) is 26.2 Å². The summed E-state index contributed by atoms with van der Waals surface area (Å²) in [6, 6.07) is 0. The zero-order valence-corrected chi connectivity index (χ0v) is 11.3. The third-order valence-corrected chi connectivity index (χ3v) is 1.21. The van der Waals surface area contributed by atoms with Crippen LogP contribution in [0.5, 0.6) is 0 Å². The first-order chi connectivity index (χ1) is 5.72. The third-order valence-electron chi connectivity index (χ3n) is 1.21.